The Kier molecular flexibility index (Phi) is 4.65. The van der Waals surface area contributed by atoms with E-state index in [1.807, 2.05) is 0 Å². The van der Waals surface area contributed by atoms with E-state index < -0.39 is 0 Å². The average Bonchev–Trinajstić information content (AvgIpc) is 3.22. The molecule has 1 aromatic rings. The molecule has 1 unspecified atom stereocenters. The van der Waals surface area contributed by atoms with E-state index in [-0.39, 0.29) is 0 Å². The van der Waals surface area contributed by atoms with Crippen LogP contribution in [-0.4, -0.2) is 24.0 Å². The Morgan fingerprint density at radius 2 is 1.89 bits per heavy atom. The van der Waals surface area contributed by atoms with Gasteiger partial charge in [0.05, 0.1) is 0 Å². The van der Waals surface area contributed by atoms with E-state index >= 15 is 0 Å². The molecular formula is C16H26N2. The number of para-hydroxylation sites is 1. The second-order valence-corrected chi connectivity index (χ2v) is 5.39. The lowest BCUT2D eigenvalue weighted by atomic mass is 10.1. The van der Waals surface area contributed by atoms with E-state index in [1.165, 1.54) is 24.1 Å². The molecule has 100 valence electrons. The van der Waals surface area contributed by atoms with Gasteiger partial charge >= 0.3 is 0 Å². The minimum absolute atomic E-state index is 0.614. The van der Waals surface area contributed by atoms with Crippen molar-refractivity contribution in [1.82, 2.24) is 4.90 Å². The lowest BCUT2D eigenvalue weighted by molar-refractivity contribution is 0.296. The van der Waals surface area contributed by atoms with Crippen molar-refractivity contribution in [2.75, 3.05) is 18.4 Å². The highest BCUT2D eigenvalue weighted by Gasteiger charge is 2.28. The van der Waals surface area contributed by atoms with Crippen LogP contribution in [-0.2, 0) is 6.54 Å². The van der Waals surface area contributed by atoms with Crippen molar-refractivity contribution in [2.45, 2.75) is 46.2 Å². The molecule has 0 bridgehead atoms. The first-order valence-electron chi connectivity index (χ1n) is 7.31. The van der Waals surface area contributed by atoms with Gasteiger partial charge in [0.25, 0.3) is 0 Å². The monoisotopic (exact) mass is 246 g/mol. The molecule has 2 heteroatoms. The van der Waals surface area contributed by atoms with E-state index in [0.717, 1.165) is 25.6 Å². The third kappa shape index (κ3) is 3.49. The summed E-state index contributed by atoms with van der Waals surface area (Å²) < 4.78 is 0. The summed E-state index contributed by atoms with van der Waals surface area (Å²) in [5.74, 6) is 0.895. The Morgan fingerprint density at radius 1 is 1.22 bits per heavy atom. The molecule has 1 aliphatic rings. The summed E-state index contributed by atoms with van der Waals surface area (Å²) in [6.45, 7) is 10.0. The highest BCUT2D eigenvalue weighted by Crippen LogP contribution is 2.34. The van der Waals surface area contributed by atoms with Gasteiger partial charge in [0.2, 0.25) is 0 Å². The molecule has 1 fully saturated rings. The number of nitrogens with one attached hydrogen (secondary N) is 1. The van der Waals surface area contributed by atoms with Crippen molar-refractivity contribution >= 4 is 5.69 Å². The molecule has 2 rings (SSSR count). The van der Waals surface area contributed by atoms with Crippen LogP contribution in [0.5, 0.6) is 0 Å². The first-order chi connectivity index (χ1) is 8.74. The number of rotatable bonds is 7. The van der Waals surface area contributed by atoms with Crippen molar-refractivity contribution in [1.29, 1.82) is 0 Å². The SMILES string of the molecule is CCN(CC)Cc1ccccc1NC(C)C1CC1. The van der Waals surface area contributed by atoms with Gasteiger partial charge in [-0.25, -0.2) is 0 Å². The van der Waals surface area contributed by atoms with E-state index in [4.69, 9.17) is 0 Å². The van der Waals surface area contributed by atoms with Gasteiger partial charge in [-0.3, -0.25) is 4.90 Å². The summed E-state index contributed by atoms with van der Waals surface area (Å²) in [6, 6.07) is 9.36. The molecule has 1 aromatic carbocycles. The zero-order chi connectivity index (χ0) is 13.0. The summed E-state index contributed by atoms with van der Waals surface area (Å²) in [6.07, 6.45) is 2.79. The normalized spacial score (nSPS) is 16.9. The molecule has 0 amide bonds. The summed E-state index contributed by atoms with van der Waals surface area (Å²) in [7, 11) is 0. The van der Waals surface area contributed by atoms with Crippen LogP contribution in [0.1, 0.15) is 39.2 Å². The van der Waals surface area contributed by atoms with Gasteiger partial charge in [-0.05, 0) is 50.4 Å². The van der Waals surface area contributed by atoms with Gasteiger partial charge < -0.3 is 5.32 Å². The number of anilines is 1. The first-order valence-corrected chi connectivity index (χ1v) is 7.31. The summed E-state index contributed by atoms with van der Waals surface area (Å²) >= 11 is 0. The number of nitrogens with zero attached hydrogens (tertiary/aromatic N) is 1. The van der Waals surface area contributed by atoms with Crippen molar-refractivity contribution in [2.24, 2.45) is 5.92 Å². The molecule has 1 N–H and O–H groups in total. The van der Waals surface area contributed by atoms with E-state index in [9.17, 15) is 0 Å². The van der Waals surface area contributed by atoms with Crippen LogP contribution in [0.3, 0.4) is 0 Å². The highest BCUT2D eigenvalue weighted by molar-refractivity contribution is 5.51. The van der Waals surface area contributed by atoms with Gasteiger partial charge in [0.15, 0.2) is 0 Å². The maximum atomic E-state index is 3.70. The van der Waals surface area contributed by atoms with Crippen molar-refractivity contribution in [3.63, 3.8) is 0 Å². The smallest absolute Gasteiger partial charge is 0.0388 e. The minimum Gasteiger partial charge on any atom is -0.382 e. The van der Waals surface area contributed by atoms with Crippen LogP contribution in [0.25, 0.3) is 0 Å². The third-order valence-electron chi connectivity index (χ3n) is 4.02. The number of hydrogen-bond donors (Lipinski definition) is 1. The third-order valence-corrected chi connectivity index (χ3v) is 4.02. The van der Waals surface area contributed by atoms with E-state index in [1.54, 1.807) is 0 Å². The second-order valence-electron chi connectivity index (χ2n) is 5.39. The van der Waals surface area contributed by atoms with E-state index in [2.05, 4.69) is 55.3 Å². The van der Waals surface area contributed by atoms with Gasteiger partial charge in [0.1, 0.15) is 0 Å². The zero-order valence-electron chi connectivity index (χ0n) is 11.9. The quantitative estimate of drug-likeness (QED) is 0.788. The molecule has 1 saturated carbocycles. The maximum Gasteiger partial charge on any atom is 0.0388 e. The Balaban J connectivity index is 2.04. The van der Waals surface area contributed by atoms with Crippen LogP contribution in [0.4, 0.5) is 5.69 Å². The van der Waals surface area contributed by atoms with Crippen LogP contribution in [0.2, 0.25) is 0 Å². The Labute approximate surface area is 111 Å². The lowest BCUT2D eigenvalue weighted by Crippen LogP contribution is -2.24. The zero-order valence-corrected chi connectivity index (χ0v) is 11.9. The number of benzene rings is 1. The van der Waals surface area contributed by atoms with Crippen molar-refractivity contribution in [3.05, 3.63) is 29.8 Å². The Morgan fingerprint density at radius 3 is 2.50 bits per heavy atom. The van der Waals surface area contributed by atoms with E-state index in [0.29, 0.717) is 6.04 Å². The van der Waals surface area contributed by atoms with Crippen molar-refractivity contribution in [3.8, 4) is 0 Å². The largest absolute Gasteiger partial charge is 0.382 e. The predicted molar refractivity (Wildman–Crippen MR) is 78.9 cm³/mol. The molecule has 0 heterocycles. The van der Waals surface area contributed by atoms with Crippen LogP contribution >= 0.6 is 0 Å². The van der Waals surface area contributed by atoms with Gasteiger partial charge in [-0.15, -0.1) is 0 Å². The molecule has 0 saturated heterocycles. The molecule has 0 aromatic heterocycles. The molecule has 1 aliphatic carbocycles. The molecule has 0 spiro atoms. The van der Waals surface area contributed by atoms with Gasteiger partial charge in [0, 0.05) is 18.3 Å². The fourth-order valence-electron chi connectivity index (χ4n) is 2.45. The Bertz CT molecular complexity index is 344. The topological polar surface area (TPSA) is 15.3 Å². The predicted octanol–water partition coefficient (Wildman–Crippen LogP) is 3.74. The fourth-order valence-corrected chi connectivity index (χ4v) is 2.45. The number of hydrogen-bond acceptors (Lipinski definition) is 2. The standard InChI is InChI=1S/C16H26N2/c1-4-18(5-2)12-15-8-6-7-9-16(15)17-13(3)14-10-11-14/h6-9,13-14,17H,4-5,10-12H2,1-3H3. The Hall–Kier alpha value is -1.02. The molecular weight excluding hydrogens is 220 g/mol. The average molecular weight is 246 g/mol. The lowest BCUT2D eigenvalue weighted by Gasteiger charge is -2.22. The minimum atomic E-state index is 0.614. The van der Waals surface area contributed by atoms with Crippen LogP contribution < -0.4 is 5.32 Å². The molecule has 0 radical (unpaired) electrons. The van der Waals surface area contributed by atoms with Crippen molar-refractivity contribution < 1.29 is 0 Å². The van der Waals surface area contributed by atoms with Crippen LogP contribution in [0.15, 0.2) is 24.3 Å². The summed E-state index contributed by atoms with van der Waals surface area (Å²) in [5.41, 5.74) is 2.75. The van der Waals surface area contributed by atoms with Gasteiger partial charge in [-0.2, -0.15) is 0 Å². The fraction of sp³-hybridized carbons (Fsp3) is 0.625. The highest BCUT2D eigenvalue weighted by atomic mass is 15.1. The summed E-state index contributed by atoms with van der Waals surface area (Å²) in [5, 5.41) is 3.70. The summed E-state index contributed by atoms with van der Waals surface area (Å²) in [4.78, 5) is 2.46. The van der Waals surface area contributed by atoms with Crippen LogP contribution in [0, 0.1) is 5.92 Å². The second kappa shape index (κ2) is 6.24. The molecule has 0 aliphatic heterocycles. The maximum absolute atomic E-state index is 3.70. The molecule has 18 heavy (non-hydrogen) atoms. The van der Waals surface area contributed by atoms with Gasteiger partial charge in [-0.1, -0.05) is 32.0 Å². The molecule has 2 nitrogen and oxygen atoms in total. The first kappa shape index (κ1) is 13.4. The molecule has 1 atom stereocenters.